The molecule has 0 N–H and O–H groups in total. The third-order valence-electron chi connectivity index (χ3n) is 4.97. The molecule has 5 rings (SSSR count). The highest BCUT2D eigenvalue weighted by molar-refractivity contribution is 5.76. The van der Waals surface area contributed by atoms with Gasteiger partial charge in [-0.1, -0.05) is 42.3 Å². The van der Waals surface area contributed by atoms with E-state index in [1.54, 1.807) is 0 Å². The van der Waals surface area contributed by atoms with Crippen LogP contribution in [0.5, 0.6) is 0 Å². The summed E-state index contributed by atoms with van der Waals surface area (Å²) in [6, 6.07) is 16.6. The Bertz CT molecular complexity index is 977. The third kappa shape index (κ3) is 2.52. The number of hydrogen-bond acceptors (Lipinski definition) is 4. The largest absolute Gasteiger partial charge is 0.436 e. The lowest BCUT2D eigenvalue weighted by Gasteiger charge is -2.12. The summed E-state index contributed by atoms with van der Waals surface area (Å²) in [7, 11) is 0. The van der Waals surface area contributed by atoms with E-state index in [9.17, 15) is 0 Å². The molecule has 0 aliphatic heterocycles. The molecule has 0 amide bonds. The van der Waals surface area contributed by atoms with Gasteiger partial charge in [0.15, 0.2) is 5.58 Å². The molecule has 1 saturated carbocycles. The number of aromatic nitrogens is 4. The SMILES string of the molecule is c1ccc2oc(-c3ccc(-c4cnnn4C4CCCC4)cc3)nc2c1. The number of para-hydroxylation sites is 2. The van der Waals surface area contributed by atoms with E-state index in [1.165, 1.54) is 25.7 Å². The minimum absolute atomic E-state index is 0.481. The van der Waals surface area contributed by atoms with E-state index in [0.29, 0.717) is 11.9 Å². The lowest BCUT2D eigenvalue weighted by Crippen LogP contribution is -2.08. The Balaban J connectivity index is 1.48. The van der Waals surface area contributed by atoms with Crippen LogP contribution in [0.3, 0.4) is 0 Å². The van der Waals surface area contributed by atoms with E-state index in [1.807, 2.05) is 42.6 Å². The van der Waals surface area contributed by atoms with Crippen molar-refractivity contribution in [1.82, 2.24) is 20.0 Å². The molecule has 2 aromatic heterocycles. The van der Waals surface area contributed by atoms with Crippen molar-refractivity contribution in [3.8, 4) is 22.7 Å². The Hall–Kier alpha value is -2.95. The van der Waals surface area contributed by atoms with Crippen LogP contribution in [0.4, 0.5) is 0 Å². The van der Waals surface area contributed by atoms with Crippen molar-refractivity contribution in [2.24, 2.45) is 0 Å². The molecule has 25 heavy (non-hydrogen) atoms. The average molecular weight is 330 g/mol. The highest BCUT2D eigenvalue weighted by atomic mass is 16.3. The summed E-state index contributed by atoms with van der Waals surface area (Å²) in [5.41, 5.74) is 4.86. The Labute approximate surface area is 145 Å². The topological polar surface area (TPSA) is 56.7 Å². The quantitative estimate of drug-likeness (QED) is 0.538. The highest BCUT2D eigenvalue weighted by Crippen LogP contribution is 2.33. The molecule has 2 heterocycles. The predicted octanol–water partition coefficient (Wildman–Crippen LogP) is 4.87. The van der Waals surface area contributed by atoms with Crippen LogP contribution in [-0.2, 0) is 0 Å². The van der Waals surface area contributed by atoms with E-state index >= 15 is 0 Å². The summed E-state index contributed by atoms with van der Waals surface area (Å²) < 4.78 is 7.93. The first-order valence-electron chi connectivity index (χ1n) is 8.75. The van der Waals surface area contributed by atoms with Gasteiger partial charge in [-0.2, -0.15) is 0 Å². The summed E-state index contributed by atoms with van der Waals surface area (Å²) >= 11 is 0. The molecule has 5 heteroatoms. The summed E-state index contributed by atoms with van der Waals surface area (Å²) in [5, 5.41) is 8.45. The van der Waals surface area contributed by atoms with Gasteiger partial charge in [0.05, 0.1) is 17.9 Å². The summed E-state index contributed by atoms with van der Waals surface area (Å²) in [5.74, 6) is 0.648. The van der Waals surface area contributed by atoms with Gasteiger partial charge in [0, 0.05) is 11.1 Å². The average Bonchev–Trinajstić information content (AvgIpc) is 3.40. The number of benzene rings is 2. The van der Waals surface area contributed by atoms with Gasteiger partial charge in [-0.15, -0.1) is 5.10 Å². The molecule has 124 valence electrons. The number of hydrogen-bond donors (Lipinski definition) is 0. The lowest BCUT2D eigenvalue weighted by molar-refractivity contribution is 0.458. The van der Waals surface area contributed by atoms with Crippen LogP contribution in [0.2, 0.25) is 0 Å². The van der Waals surface area contributed by atoms with Crippen LogP contribution in [0.25, 0.3) is 33.8 Å². The normalized spacial score (nSPS) is 15.2. The van der Waals surface area contributed by atoms with Crippen LogP contribution in [-0.4, -0.2) is 20.0 Å². The first-order valence-corrected chi connectivity index (χ1v) is 8.75. The molecule has 5 nitrogen and oxygen atoms in total. The van der Waals surface area contributed by atoms with E-state index < -0.39 is 0 Å². The fourth-order valence-corrected chi connectivity index (χ4v) is 3.65. The van der Waals surface area contributed by atoms with Crippen LogP contribution in [0.1, 0.15) is 31.7 Å². The zero-order valence-electron chi connectivity index (χ0n) is 13.8. The molecule has 0 spiro atoms. The van der Waals surface area contributed by atoms with Crippen LogP contribution < -0.4 is 0 Å². The minimum atomic E-state index is 0.481. The molecular weight excluding hydrogens is 312 g/mol. The monoisotopic (exact) mass is 330 g/mol. The molecule has 0 radical (unpaired) electrons. The van der Waals surface area contributed by atoms with Crippen LogP contribution in [0.15, 0.2) is 59.1 Å². The van der Waals surface area contributed by atoms with Crippen molar-refractivity contribution in [3.05, 3.63) is 54.7 Å². The number of oxazole rings is 1. The maximum atomic E-state index is 5.85. The van der Waals surface area contributed by atoms with Crippen molar-refractivity contribution in [3.63, 3.8) is 0 Å². The lowest BCUT2D eigenvalue weighted by atomic mass is 10.1. The van der Waals surface area contributed by atoms with E-state index in [4.69, 9.17) is 4.42 Å². The van der Waals surface area contributed by atoms with Crippen molar-refractivity contribution in [1.29, 1.82) is 0 Å². The third-order valence-corrected chi connectivity index (χ3v) is 4.97. The number of nitrogens with zero attached hydrogens (tertiary/aromatic N) is 4. The maximum Gasteiger partial charge on any atom is 0.227 e. The molecule has 1 aliphatic rings. The molecule has 4 aromatic rings. The molecular formula is C20H18N4O. The van der Waals surface area contributed by atoms with E-state index in [-0.39, 0.29) is 0 Å². The predicted molar refractivity (Wildman–Crippen MR) is 96.0 cm³/mol. The Morgan fingerprint density at radius 2 is 1.68 bits per heavy atom. The van der Waals surface area contributed by atoms with Crippen molar-refractivity contribution >= 4 is 11.1 Å². The van der Waals surface area contributed by atoms with Gasteiger partial charge in [-0.05, 0) is 37.1 Å². The Morgan fingerprint density at radius 3 is 2.48 bits per heavy atom. The van der Waals surface area contributed by atoms with Crippen LogP contribution in [0, 0.1) is 0 Å². The summed E-state index contributed by atoms with van der Waals surface area (Å²) in [6.45, 7) is 0. The highest BCUT2D eigenvalue weighted by Gasteiger charge is 2.21. The second-order valence-electron chi connectivity index (χ2n) is 6.57. The van der Waals surface area contributed by atoms with Crippen LogP contribution >= 0.6 is 0 Å². The van der Waals surface area contributed by atoms with Gasteiger partial charge in [0.25, 0.3) is 0 Å². The van der Waals surface area contributed by atoms with Gasteiger partial charge in [0.1, 0.15) is 5.52 Å². The van der Waals surface area contributed by atoms with Gasteiger partial charge >= 0.3 is 0 Å². The zero-order chi connectivity index (χ0) is 16.6. The van der Waals surface area contributed by atoms with E-state index in [0.717, 1.165) is 27.9 Å². The van der Waals surface area contributed by atoms with Gasteiger partial charge in [-0.3, -0.25) is 0 Å². The van der Waals surface area contributed by atoms with Gasteiger partial charge in [-0.25, -0.2) is 9.67 Å². The molecule has 1 aliphatic carbocycles. The standard InChI is InChI=1S/C20H18N4O/c1-2-6-16(5-1)24-18(13-21-23-24)14-9-11-15(12-10-14)20-22-17-7-3-4-8-19(17)25-20/h3-4,7-13,16H,1-2,5-6H2. The summed E-state index contributed by atoms with van der Waals surface area (Å²) in [4.78, 5) is 4.56. The Morgan fingerprint density at radius 1 is 0.920 bits per heavy atom. The fraction of sp³-hybridized carbons (Fsp3) is 0.250. The minimum Gasteiger partial charge on any atom is -0.436 e. The fourth-order valence-electron chi connectivity index (χ4n) is 3.65. The first-order chi connectivity index (χ1) is 12.4. The molecule has 0 unspecified atom stereocenters. The van der Waals surface area contributed by atoms with E-state index in [2.05, 4.69) is 32.1 Å². The molecule has 0 saturated heterocycles. The maximum absolute atomic E-state index is 5.85. The number of fused-ring (bicyclic) bond motifs is 1. The molecule has 1 fully saturated rings. The summed E-state index contributed by atoms with van der Waals surface area (Å²) in [6.07, 6.45) is 6.79. The van der Waals surface area contributed by atoms with Crippen molar-refractivity contribution in [2.45, 2.75) is 31.7 Å². The van der Waals surface area contributed by atoms with Crippen molar-refractivity contribution < 1.29 is 4.42 Å². The molecule has 2 aromatic carbocycles. The molecule has 0 atom stereocenters. The van der Waals surface area contributed by atoms with Crippen molar-refractivity contribution in [2.75, 3.05) is 0 Å². The zero-order valence-corrected chi connectivity index (χ0v) is 13.8. The molecule has 0 bridgehead atoms. The second kappa shape index (κ2) is 5.84. The van der Waals surface area contributed by atoms with Gasteiger partial charge in [0.2, 0.25) is 5.89 Å². The number of rotatable bonds is 3. The first kappa shape index (κ1) is 14.4. The smallest absolute Gasteiger partial charge is 0.227 e. The van der Waals surface area contributed by atoms with Gasteiger partial charge < -0.3 is 4.42 Å². The second-order valence-corrected chi connectivity index (χ2v) is 6.57. The Kier molecular flexibility index (Phi) is 3.37.